The Morgan fingerprint density at radius 3 is 2.33 bits per heavy atom. The molecule has 216 valence electrons. The maximum absolute atomic E-state index is 14.5. The van der Waals surface area contributed by atoms with E-state index in [2.05, 4.69) is 5.32 Å². The molecule has 8 nitrogen and oxygen atoms in total. The summed E-state index contributed by atoms with van der Waals surface area (Å²) in [5.74, 6) is 0.114. The van der Waals surface area contributed by atoms with Crippen LogP contribution in [0.2, 0.25) is 0 Å². The Morgan fingerprint density at radius 2 is 1.68 bits per heavy atom. The van der Waals surface area contributed by atoms with Gasteiger partial charge in [-0.05, 0) is 67.7 Å². The number of primary amides is 1. The number of benzene rings is 2. The summed E-state index contributed by atoms with van der Waals surface area (Å²) in [4.78, 5) is 42.2. The first-order valence-electron chi connectivity index (χ1n) is 14.5. The van der Waals surface area contributed by atoms with Crippen molar-refractivity contribution in [1.82, 2.24) is 10.2 Å². The normalized spacial score (nSPS) is 19.4. The molecular formula is C32H43N3O5. The molecule has 2 aromatic rings. The molecule has 4 rings (SSSR count). The van der Waals surface area contributed by atoms with Gasteiger partial charge in [0.15, 0.2) is 11.5 Å². The number of nitrogens with zero attached hydrogens (tertiary/aromatic N) is 1. The molecule has 3 atom stereocenters. The first kappa shape index (κ1) is 29.4. The number of piperidine rings is 1. The van der Waals surface area contributed by atoms with Crippen LogP contribution in [-0.2, 0) is 20.8 Å². The molecule has 0 aromatic heterocycles. The summed E-state index contributed by atoms with van der Waals surface area (Å²) < 4.78 is 11.2. The molecule has 1 saturated heterocycles. The summed E-state index contributed by atoms with van der Waals surface area (Å²) in [7, 11) is 3.22. The number of amides is 3. The Hall–Kier alpha value is -3.55. The number of nitrogens with one attached hydrogen (secondary N) is 1. The average Bonchev–Trinajstić information content (AvgIpc) is 2.97. The Morgan fingerprint density at radius 1 is 0.975 bits per heavy atom. The molecule has 0 unspecified atom stereocenters. The SMILES string of the molecule is COc1cc([C@@H](C(=O)N2CCCC[C@H]2C(=O)N[C@@H](Cc2ccccc2)C(N)=O)C2CCCCC2)cc(C)c1OC. The van der Waals surface area contributed by atoms with Crippen molar-refractivity contribution in [2.45, 2.75) is 82.7 Å². The van der Waals surface area contributed by atoms with Gasteiger partial charge in [0.2, 0.25) is 17.7 Å². The van der Waals surface area contributed by atoms with Crippen molar-refractivity contribution in [3.63, 3.8) is 0 Å². The van der Waals surface area contributed by atoms with Gasteiger partial charge in [0.05, 0.1) is 20.1 Å². The Bertz CT molecular complexity index is 1180. The lowest BCUT2D eigenvalue weighted by atomic mass is 9.75. The number of nitrogens with two attached hydrogens (primary N) is 1. The van der Waals surface area contributed by atoms with Crippen molar-refractivity contribution in [3.05, 3.63) is 59.2 Å². The van der Waals surface area contributed by atoms with E-state index in [0.29, 0.717) is 30.9 Å². The van der Waals surface area contributed by atoms with Crippen LogP contribution in [-0.4, -0.2) is 55.5 Å². The summed E-state index contributed by atoms with van der Waals surface area (Å²) in [6.45, 7) is 2.47. The molecule has 40 heavy (non-hydrogen) atoms. The topological polar surface area (TPSA) is 111 Å². The molecule has 1 saturated carbocycles. The van der Waals surface area contributed by atoms with Gasteiger partial charge in [-0.1, -0.05) is 55.7 Å². The Labute approximate surface area is 237 Å². The van der Waals surface area contributed by atoms with Crippen molar-refractivity contribution in [2.75, 3.05) is 20.8 Å². The summed E-state index contributed by atoms with van der Waals surface area (Å²) in [5, 5.41) is 2.88. The lowest BCUT2D eigenvalue weighted by molar-refractivity contribution is -0.145. The maximum Gasteiger partial charge on any atom is 0.243 e. The third-order valence-electron chi connectivity index (χ3n) is 8.46. The van der Waals surface area contributed by atoms with E-state index in [1.165, 1.54) is 6.42 Å². The van der Waals surface area contributed by atoms with Crippen molar-refractivity contribution in [3.8, 4) is 11.5 Å². The minimum Gasteiger partial charge on any atom is -0.493 e. The number of hydrogen-bond acceptors (Lipinski definition) is 5. The summed E-state index contributed by atoms with van der Waals surface area (Å²) in [6.07, 6.45) is 7.81. The lowest BCUT2D eigenvalue weighted by Gasteiger charge is -2.40. The zero-order chi connectivity index (χ0) is 28.6. The second-order valence-corrected chi connectivity index (χ2v) is 11.1. The first-order valence-corrected chi connectivity index (χ1v) is 14.5. The highest BCUT2D eigenvalue weighted by atomic mass is 16.5. The van der Waals surface area contributed by atoms with Crippen molar-refractivity contribution < 1.29 is 23.9 Å². The minimum atomic E-state index is -0.851. The van der Waals surface area contributed by atoms with Crippen LogP contribution in [0.25, 0.3) is 0 Å². The van der Waals surface area contributed by atoms with Crippen molar-refractivity contribution >= 4 is 17.7 Å². The van der Waals surface area contributed by atoms with Crippen LogP contribution < -0.4 is 20.5 Å². The van der Waals surface area contributed by atoms with Crippen LogP contribution in [0.15, 0.2) is 42.5 Å². The van der Waals surface area contributed by atoms with Gasteiger partial charge in [0.1, 0.15) is 12.1 Å². The van der Waals surface area contributed by atoms with Crippen molar-refractivity contribution in [2.24, 2.45) is 11.7 Å². The zero-order valence-electron chi connectivity index (χ0n) is 24.0. The monoisotopic (exact) mass is 549 g/mol. The molecule has 2 aliphatic rings. The molecule has 3 N–H and O–H groups in total. The molecule has 0 radical (unpaired) electrons. The molecule has 3 amide bonds. The number of hydrogen-bond donors (Lipinski definition) is 2. The zero-order valence-corrected chi connectivity index (χ0v) is 24.0. The predicted octanol–water partition coefficient (Wildman–Crippen LogP) is 4.27. The molecular weight excluding hydrogens is 506 g/mol. The Kier molecular flexibility index (Phi) is 10.1. The van der Waals surface area contributed by atoms with Gasteiger partial charge >= 0.3 is 0 Å². The van der Waals surface area contributed by atoms with E-state index in [9.17, 15) is 14.4 Å². The number of ether oxygens (including phenoxy) is 2. The van der Waals surface area contributed by atoms with E-state index in [1.54, 1.807) is 19.1 Å². The highest BCUT2D eigenvalue weighted by Crippen LogP contribution is 2.42. The van der Waals surface area contributed by atoms with E-state index in [-0.39, 0.29) is 23.7 Å². The highest BCUT2D eigenvalue weighted by molar-refractivity contribution is 5.93. The quantitative estimate of drug-likeness (QED) is 0.460. The van der Waals surface area contributed by atoms with Gasteiger partial charge in [-0.15, -0.1) is 0 Å². The van der Waals surface area contributed by atoms with Crippen LogP contribution in [0.5, 0.6) is 11.5 Å². The number of rotatable bonds is 10. The largest absolute Gasteiger partial charge is 0.493 e. The van der Waals surface area contributed by atoms with Gasteiger partial charge in [0.25, 0.3) is 0 Å². The van der Waals surface area contributed by atoms with E-state index in [1.807, 2.05) is 49.4 Å². The number of carbonyl (C=O) groups excluding carboxylic acids is 3. The molecule has 0 spiro atoms. The van der Waals surface area contributed by atoms with E-state index in [4.69, 9.17) is 15.2 Å². The highest BCUT2D eigenvalue weighted by Gasteiger charge is 2.40. The third-order valence-corrected chi connectivity index (χ3v) is 8.46. The van der Waals surface area contributed by atoms with Gasteiger partial charge in [-0.3, -0.25) is 14.4 Å². The average molecular weight is 550 g/mol. The summed E-state index contributed by atoms with van der Waals surface area (Å²) in [5.41, 5.74) is 8.40. The van der Waals surface area contributed by atoms with Gasteiger partial charge in [0, 0.05) is 13.0 Å². The molecule has 1 aliphatic heterocycles. The lowest BCUT2D eigenvalue weighted by Crippen LogP contribution is -2.57. The molecule has 0 bridgehead atoms. The van der Waals surface area contributed by atoms with Crippen molar-refractivity contribution in [1.29, 1.82) is 0 Å². The molecule has 2 fully saturated rings. The molecule has 1 aliphatic carbocycles. The maximum atomic E-state index is 14.5. The fraction of sp³-hybridized carbons (Fsp3) is 0.531. The van der Waals surface area contributed by atoms with Crippen LogP contribution in [0.4, 0.5) is 0 Å². The van der Waals surface area contributed by atoms with E-state index in [0.717, 1.165) is 55.2 Å². The standard InChI is InChI=1S/C32H43N3O5/c1-21-18-24(20-27(39-2)29(21)40-3)28(23-14-8-5-9-15-23)32(38)35-17-11-10-16-26(35)31(37)34-25(30(33)36)19-22-12-6-4-7-13-22/h4,6-7,12-13,18,20,23,25-26,28H,5,8-11,14-17,19H2,1-3H3,(H2,33,36)(H,34,37)/t25-,26-,28-/m0/s1. The number of methoxy groups -OCH3 is 2. The first-order chi connectivity index (χ1) is 19.3. The van der Waals surface area contributed by atoms with Crippen LogP contribution >= 0.6 is 0 Å². The fourth-order valence-corrected chi connectivity index (χ4v) is 6.43. The van der Waals surface area contributed by atoms with Gasteiger partial charge in [-0.25, -0.2) is 0 Å². The van der Waals surface area contributed by atoms with E-state index < -0.39 is 18.0 Å². The van der Waals surface area contributed by atoms with Gasteiger partial charge < -0.3 is 25.4 Å². The van der Waals surface area contributed by atoms with Gasteiger partial charge in [-0.2, -0.15) is 0 Å². The molecule has 1 heterocycles. The van der Waals surface area contributed by atoms with E-state index >= 15 is 0 Å². The summed E-state index contributed by atoms with van der Waals surface area (Å²) >= 11 is 0. The second-order valence-electron chi connectivity index (χ2n) is 11.1. The Balaban J connectivity index is 1.62. The van der Waals surface area contributed by atoms with Crippen LogP contribution in [0.1, 0.15) is 74.0 Å². The molecule has 8 heteroatoms. The fourth-order valence-electron chi connectivity index (χ4n) is 6.43. The number of carbonyl (C=O) groups is 3. The second kappa shape index (κ2) is 13.7. The predicted molar refractivity (Wildman–Crippen MR) is 154 cm³/mol. The van der Waals surface area contributed by atoms with Crippen LogP contribution in [0.3, 0.4) is 0 Å². The number of aryl methyl sites for hydroxylation is 1. The smallest absolute Gasteiger partial charge is 0.243 e. The molecule has 2 aromatic carbocycles. The van der Waals surface area contributed by atoms with Crippen LogP contribution in [0, 0.1) is 12.8 Å². The minimum absolute atomic E-state index is 0.0305. The third kappa shape index (κ3) is 6.77. The summed E-state index contributed by atoms with van der Waals surface area (Å²) in [6, 6.07) is 11.9. The number of likely N-dealkylation sites (tertiary alicyclic amines) is 1.